The highest BCUT2D eigenvalue weighted by atomic mass is 16.6. The maximum atomic E-state index is 14.1. The molecule has 55 heavy (non-hydrogen) atoms. The lowest BCUT2D eigenvalue weighted by atomic mass is 9.72. The minimum Gasteiger partial charge on any atom is -0.445 e. The first-order valence-electron chi connectivity index (χ1n) is 17.9. The molecule has 0 aliphatic heterocycles. The van der Waals surface area contributed by atoms with Crippen LogP contribution in [0, 0.1) is 0 Å². The summed E-state index contributed by atoms with van der Waals surface area (Å²) in [5.74, 6) is -1.56. The number of rotatable bonds is 15. The quantitative estimate of drug-likeness (QED) is 0.0753. The van der Waals surface area contributed by atoms with Crippen LogP contribution in [0.5, 0.6) is 0 Å². The summed E-state index contributed by atoms with van der Waals surface area (Å²) in [6, 6.07) is 44.5. The van der Waals surface area contributed by atoms with E-state index in [9.17, 15) is 14.7 Å². The van der Waals surface area contributed by atoms with E-state index < -0.39 is 47.9 Å². The van der Waals surface area contributed by atoms with E-state index in [2.05, 4.69) is 20.6 Å². The van der Waals surface area contributed by atoms with Crippen molar-refractivity contribution < 1.29 is 24.2 Å². The van der Waals surface area contributed by atoms with Crippen LogP contribution in [0.1, 0.15) is 51.6 Å². The third-order valence-electron chi connectivity index (χ3n) is 9.45. The van der Waals surface area contributed by atoms with Crippen LogP contribution in [0.15, 0.2) is 170 Å². The lowest BCUT2D eigenvalue weighted by Crippen LogP contribution is -2.70. The Hall–Kier alpha value is -6.40. The Kier molecular flexibility index (Phi) is 12.6. The number of nitrogens with one attached hydrogen (secondary N) is 2. The number of nitrogens with zero attached hydrogens (tertiary/aromatic N) is 2. The number of hydrogen-bond acceptors (Lipinski definition) is 9. The van der Waals surface area contributed by atoms with Crippen molar-refractivity contribution in [2.75, 3.05) is 0 Å². The number of benzene rings is 4. The first kappa shape index (κ1) is 38.3. The molecule has 7 N–H and O–H groups in total. The van der Waals surface area contributed by atoms with Crippen LogP contribution >= 0.6 is 0 Å². The summed E-state index contributed by atoms with van der Waals surface area (Å²) in [5, 5.41) is 18.5. The summed E-state index contributed by atoms with van der Waals surface area (Å²) >= 11 is 0. The molecular formula is C44H44N6O5. The average molecular weight is 737 g/mol. The molecule has 0 saturated carbocycles. The van der Waals surface area contributed by atoms with Crippen LogP contribution in [-0.4, -0.2) is 44.7 Å². The molecule has 4 aromatic carbocycles. The lowest BCUT2D eigenvalue weighted by molar-refractivity contribution is 0.0226. The standard InChI is InChI=1S/C44H44N6O5/c45-44(46,40(36-21-9-3-10-22-36)37-23-11-4-12-24-37)38(51)27-43(49-41(52)54-30-32-15-13-25-47-28-32,50-42(53)55-31-33-16-14-26-48-29-33)39(34-17-5-1-6-18-34)35-19-7-2-8-20-35/h1-26,28-29,38-40,51H,27,30-31,45-46H2,(H,49,52)(H,50,53). The van der Waals surface area contributed by atoms with Gasteiger partial charge in [-0.15, -0.1) is 0 Å². The van der Waals surface area contributed by atoms with Gasteiger partial charge in [0, 0.05) is 48.3 Å². The van der Waals surface area contributed by atoms with Crippen LogP contribution < -0.4 is 22.1 Å². The molecule has 2 aromatic heterocycles. The Bertz CT molecular complexity index is 1940. The van der Waals surface area contributed by atoms with Gasteiger partial charge < -0.3 is 26.0 Å². The summed E-state index contributed by atoms with van der Waals surface area (Å²) < 4.78 is 11.5. The second-order valence-corrected chi connectivity index (χ2v) is 13.3. The number of carbonyl (C=O) groups is 2. The minimum atomic E-state index is -1.87. The molecule has 0 radical (unpaired) electrons. The third-order valence-corrected chi connectivity index (χ3v) is 9.45. The van der Waals surface area contributed by atoms with Crippen molar-refractivity contribution in [3.63, 3.8) is 0 Å². The molecule has 0 saturated heterocycles. The SMILES string of the molecule is NC(N)(C(O)CC(NC(=O)OCc1cccnc1)(NC(=O)OCc1cccnc1)C(c1ccccc1)c1ccccc1)C(c1ccccc1)c1ccccc1. The fraction of sp³-hybridized carbons (Fsp3) is 0.182. The molecule has 6 aromatic rings. The topological polar surface area (TPSA) is 175 Å². The largest absolute Gasteiger partial charge is 0.445 e. The first-order chi connectivity index (χ1) is 26.7. The Morgan fingerprint density at radius 3 is 1.27 bits per heavy atom. The number of aromatic nitrogens is 2. The van der Waals surface area contributed by atoms with E-state index >= 15 is 0 Å². The maximum Gasteiger partial charge on any atom is 0.409 e. The summed E-state index contributed by atoms with van der Waals surface area (Å²) in [4.78, 5) is 36.4. The molecule has 11 nitrogen and oxygen atoms in total. The van der Waals surface area contributed by atoms with E-state index in [1.165, 1.54) is 0 Å². The number of nitrogens with two attached hydrogens (primary N) is 2. The molecule has 280 valence electrons. The molecular weight excluding hydrogens is 693 g/mol. The summed E-state index contributed by atoms with van der Waals surface area (Å²) in [7, 11) is 0. The summed E-state index contributed by atoms with van der Waals surface area (Å²) in [6.45, 7) is -0.236. The predicted octanol–water partition coefficient (Wildman–Crippen LogP) is 6.35. The lowest BCUT2D eigenvalue weighted by Gasteiger charge is -2.46. The first-order valence-corrected chi connectivity index (χ1v) is 17.9. The molecule has 0 spiro atoms. The second-order valence-electron chi connectivity index (χ2n) is 13.3. The van der Waals surface area contributed by atoms with Gasteiger partial charge >= 0.3 is 12.2 Å². The number of alkyl carbamates (subject to hydrolysis) is 2. The Morgan fingerprint density at radius 2 is 0.927 bits per heavy atom. The van der Waals surface area contributed by atoms with Gasteiger partial charge in [0.2, 0.25) is 0 Å². The van der Waals surface area contributed by atoms with Crippen molar-refractivity contribution in [3.05, 3.63) is 204 Å². The van der Waals surface area contributed by atoms with E-state index in [4.69, 9.17) is 20.9 Å². The monoisotopic (exact) mass is 736 g/mol. The van der Waals surface area contributed by atoms with Gasteiger partial charge in [0.25, 0.3) is 0 Å². The van der Waals surface area contributed by atoms with Gasteiger partial charge in [0.05, 0.1) is 12.0 Å². The van der Waals surface area contributed by atoms with Crippen molar-refractivity contribution in [1.82, 2.24) is 20.6 Å². The van der Waals surface area contributed by atoms with Gasteiger partial charge in [-0.1, -0.05) is 133 Å². The number of hydrogen-bond donors (Lipinski definition) is 5. The number of pyridine rings is 2. The Labute approximate surface area is 320 Å². The molecule has 1 unspecified atom stereocenters. The zero-order valence-corrected chi connectivity index (χ0v) is 30.1. The van der Waals surface area contributed by atoms with E-state index in [1.807, 2.05) is 121 Å². The molecule has 0 aliphatic rings. The highest BCUT2D eigenvalue weighted by molar-refractivity contribution is 5.73. The molecule has 0 fully saturated rings. The van der Waals surface area contributed by atoms with Crippen molar-refractivity contribution in [2.24, 2.45) is 11.5 Å². The normalized spacial score (nSPS) is 12.2. The zero-order chi connectivity index (χ0) is 38.5. The number of aliphatic hydroxyl groups is 1. The van der Waals surface area contributed by atoms with Crippen molar-refractivity contribution >= 4 is 12.2 Å². The zero-order valence-electron chi connectivity index (χ0n) is 30.1. The molecule has 2 heterocycles. The van der Waals surface area contributed by atoms with Crippen LogP contribution in [0.2, 0.25) is 0 Å². The van der Waals surface area contributed by atoms with E-state index in [-0.39, 0.29) is 13.2 Å². The number of ether oxygens (including phenoxy) is 2. The third kappa shape index (κ3) is 9.78. The fourth-order valence-electron chi connectivity index (χ4n) is 6.88. The van der Waals surface area contributed by atoms with Crippen molar-refractivity contribution in [1.29, 1.82) is 0 Å². The smallest absolute Gasteiger partial charge is 0.409 e. The van der Waals surface area contributed by atoms with Gasteiger partial charge in [0.1, 0.15) is 24.5 Å². The van der Waals surface area contributed by atoms with Gasteiger partial charge in [0.15, 0.2) is 0 Å². The maximum absolute atomic E-state index is 14.1. The molecule has 6 rings (SSSR count). The number of carbonyl (C=O) groups excluding carboxylic acids is 2. The van der Waals surface area contributed by atoms with Gasteiger partial charge in [-0.05, 0) is 34.4 Å². The van der Waals surface area contributed by atoms with Gasteiger partial charge in [-0.3, -0.25) is 20.6 Å². The average Bonchev–Trinajstić information content (AvgIpc) is 3.22. The minimum absolute atomic E-state index is 0.118. The highest BCUT2D eigenvalue weighted by Crippen LogP contribution is 2.41. The van der Waals surface area contributed by atoms with Crippen LogP contribution in [-0.2, 0) is 22.7 Å². The van der Waals surface area contributed by atoms with E-state index in [0.29, 0.717) is 22.3 Å². The van der Waals surface area contributed by atoms with E-state index in [0.717, 1.165) is 11.1 Å². The Morgan fingerprint density at radius 1 is 0.564 bits per heavy atom. The number of amides is 2. The van der Waals surface area contributed by atoms with Gasteiger partial charge in [-0.25, -0.2) is 9.59 Å². The van der Waals surface area contributed by atoms with Crippen molar-refractivity contribution in [3.8, 4) is 0 Å². The molecule has 1 atom stereocenters. The second kappa shape index (κ2) is 18.1. The fourth-order valence-corrected chi connectivity index (χ4v) is 6.88. The van der Waals surface area contributed by atoms with Gasteiger partial charge in [-0.2, -0.15) is 0 Å². The Balaban J connectivity index is 1.47. The number of aliphatic hydroxyl groups excluding tert-OH is 1. The molecule has 0 bridgehead atoms. The van der Waals surface area contributed by atoms with Crippen LogP contribution in [0.25, 0.3) is 0 Å². The molecule has 11 heteroatoms. The van der Waals surface area contributed by atoms with Crippen molar-refractivity contribution in [2.45, 2.75) is 48.9 Å². The van der Waals surface area contributed by atoms with Crippen LogP contribution in [0.4, 0.5) is 9.59 Å². The highest BCUT2D eigenvalue weighted by Gasteiger charge is 2.50. The molecule has 0 aliphatic carbocycles. The molecule has 2 amide bonds. The van der Waals surface area contributed by atoms with Crippen LogP contribution in [0.3, 0.4) is 0 Å². The summed E-state index contributed by atoms with van der Waals surface area (Å²) in [6.07, 6.45) is 2.65. The predicted molar refractivity (Wildman–Crippen MR) is 209 cm³/mol. The van der Waals surface area contributed by atoms with E-state index in [1.54, 1.807) is 49.1 Å². The summed E-state index contributed by atoms with van der Waals surface area (Å²) in [5.41, 5.74) is 14.7.